The zero-order valence-corrected chi connectivity index (χ0v) is 11.8. The molecule has 1 heterocycles. The van der Waals surface area contributed by atoms with E-state index in [1.165, 1.54) is 11.3 Å². The van der Waals surface area contributed by atoms with Gasteiger partial charge in [-0.3, -0.25) is 0 Å². The van der Waals surface area contributed by atoms with Crippen molar-refractivity contribution < 1.29 is 4.74 Å². The summed E-state index contributed by atoms with van der Waals surface area (Å²) < 4.78 is 5.69. The highest BCUT2D eigenvalue weighted by Gasteiger charge is 2.18. The van der Waals surface area contributed by atoms with E-state index in [1.54, 1.807) is 0 Å². The van der Waals surface area contributed by atoms with Gasteiger partial charge in [-0.2, -0.15) is 0 Å². The van der Waals surface area contributed by atoms with Crippen LogP contribution in [0.1, 0.15) is 18.9 Å². The molecule has 0 radical (unpaired) electrons. The number of ether oxygens (including phenoxy) is 1. The molecule has 1 aromatic rings. The average Bonchev–Trinajstić information content (AvgIpc) is 2.57. The second-order valence-corrected chi connectivity index (χ2v) is 5.16. The molecule has 1 aromatic carbocycles. The Kier molecular flexibility index (Phi) is 4.87. The first kappa shape index (κ1) is 13.7. The van der Waals surface area contributed by atoms with Crippen LogP contribution >= 0.6 is 11.6 Å². The molecule has 1 atom stereocenters. The van der Waals surface area contributed by atoms with Crippen molar-refractivity contribution in [2.45, 2.75) is 26.0 Å². The van der Waals surface area contributed by atoms with Gasteiger partial charge in [0, 0.05) is 42.5 Å². The fourth-order valence-corrected chi connectivity index (χ4v) is 2.64. The van der Waals surface area contributed by atoms with E-state index in [0.29, 0.717) is 0 Å². The Morgan fingerprint density at radius 1 is 1.50 bits per heavy atom. The molecule has 4 heteroatoms. The number of nitrogens with one attached hydrogen (secondary N) is 1. The van der Waals surface area contributed by atoms with Crippen LogP contribution in [-0.4, -0.2) is 32.8 Å². The third-order valence-corrected chi connectivity index (χ3v) is 3.59. The number of anilines is 1. The molecule has 1 N–H and O–H groups in total. The lowest BCUT2D eigenvalue weighted by Gasteiger charge is -2.27. The second kappa shape index (κ2) is 6.41. The van der Waals surface area contributed by atoms with Crippen LogP contribution in [0.4, 0.5) is 5.69 Å². The number of hydrogen-bond donors (Lipinski definition) is 1. The molecule has 0 bridgehead atoms. The summed E-state index contributed by atoms with van der Waals surface area (Å²) in [5.74, 6) is 0. The second-order valence-electron chi connectivity index (χ2n) is 4.75. The van der Waals surface area contributed by atoms with Crippen molar-refractivity contribution in [1.29, 1.82) is 0 Å². The van der Waals surface area contributed by atoms with E-state index < -0.39 is 0 Å². The summed E-state index contributed by atoms with van der Waals surface area (Å²) in [6, 6.07) is 6.12. The Morgan fingerprint density at radius 3 is 3.11 bits per heavy atom. The predicted molar refractivity (Wildman–Crippen MR) is 76.5 cm³/mol. The Balaban J connectivity index is 2.27. The van der Waals surface area contributed by atoms with Gasteiger partial charge in [0.05, 0.1) is 6.10 Å². The maximum Gasteiger partial charge on any atom is 0.0721 e. The largest absolute Gasteiger partial charge is 0.377 e. The first-order valence-corrected chi connectivity index (χ1v) is 6.88. The minimum Gasteiger partial charge on any atom is -0.377 e. The van der Waals surface area contributed by atoms with E-state index in [-0.39, 0.29) is 6.10 Å². The zero-order valence-electron chi connectivity index (χ0n) is 11.1. The first-order valence-electron chi connectivity index (χ1n) is 6.51. The summed E-state index contributed by atoms with van der Waals surface area (Å²) in [7, 11) is 1.95. The number of hydrogen-bond acceptors (Lipinski definition) is 3. The van der Waals surface area contributed by atoms with Crippen LogP contribution in [0.2, 0.25) is 5.02 Å². The molecule has 0 amide bonds. The van der Waals surface area contributed by atoms with Crippen molar-refractivity contribution in [3.8, 4) is 0 Å². The number of halogens is 1. The fraction of sp³-hybridized carbons (Fsp3) is 0.571. The Morgan fingerprint density at radius 2 is 2.33 bits per heavy atom. The van der Waals surface area contributed by atoms with E-state index in [4.69, 9.17) is 16.3 Å². The van der Waals surface area contributed by atoms with Gasteiger partial charge in [0.15, 0.2) is 0 Å². The smallest absolute Gasteiger partial charge is 0.0721 e. The first-order chi connectivity index (χ1) is 8.72. The molecule has 1 saturated heterocycles. The van der Waals surface area contributed by atoms with Crippen molar-refractivity contribution >= 4 is 17.3 Å². The van der Waals surface area contributed by atoms with Crippen molar-refractivity contribution in [2.24, 2.45) is 0 Å². The molecule has 1 aliphatic rings. The highest BCUT2D eigenvalue weighted by Crippen LogP contribution is 2.28. The molecule has 0 spiro atoms. The van der Waals surface area contributed by atoms with Gasteiger partial charge in [0.2, 0.25) is 0 Å². The van der Waals surface area contributed by atoms with Crippen LogP contribution in [0.3, 0.4) is 0 Å². The Labute approximate surface area is 114 Å². The van der Waals surface area contributed by atoms with E-state index in [9.17, 15) is 0 Å². The van der Waals surface area contributed by atoms with Gasteiger partial charge < -0.3 is 15.0 Å². The molecule has 3 nitrogen and oxygen atoms in total. The lowest BCUT2D eigenvalue weighted by atomic mass is 10.1. The molecule has 0 saturated carbocycles. The summed E-state index contributed by atoms with van der Waals surface area (Å²) in [5, 5.41) is 4.02. The quantitative estimate of drug-likeness (QED) is 0.912. The van der Waals surface area contributed by atoms with Crippen LogP contribution in [-0.2, 0) is 11.3 Å². The third-order valence-electron chi connectivity index (χ3n) is 3.24. The summed E-state index contributed by atoms with van der Waals surface area (Å²) in [6.07, 6.45) is 1.34. The van der Waals surface area contributed by atoms with Crippen molar-refractivity contribution in [3.05, 3.63) is 28.8 Å². The van der Waals surface area contributed by atoms with E-state index in [1.807, 2.05) is 19.2 Å². The number of nitrogens with zero attached hydrogens (tertiary/aromatic N) is 1. The monoisotopic (exact) mass is 268 g/mol. The summed E-state index contributed by atoms with van der Waals surface area (Å²) in [6.45, 7) is 5.72. The molecule has 1 aliphatic heterocycles. The topological polar surface area (TPSA) is 24.5 Å². The average molecular weight is 269 g/mol. The van der Waals surface area contributed by atoms with Gasteiger partial charge in [-0.15, -0.1) is 0 Å². The van der Waals surface area contributed by atoms with Crippen molar-refractivity contribution in [1.82, 2.24) is 5.32 Å². The van der Waals surface area contributed by atoms with Crippen LogP contribution < -0.4 is 10.2 Å². The van der Waals surface area contributed by atoms with E-state index in [0.717, 1.165) is 37.7 Å². The molecule has 0 aliphatic carbocycles. The predicted octanol–water partition coefficient (Wildman–Crippen LogP) is 2.67. The number of benzene rings is 1. The lowest BCUT2D eigenvalue weighted by Crippen LogP contribution is -2.31. The van der Waals surface area contributed by atoms with Gasteiger partial charge in [0.25, 0.3) is 0 Å². The highest BCUT2D eigenvalue weighted by atomic mass is 35.5. The summed E-state index contributed by atoms with van der Waals surface area (Å²) >= 11 is 6.31. The standard InChI is InChI=1S/C14H21ClN2O/c1-11-10-17(7-4-8-18-11)14-6-3-5-13(15)12(14)9-16-2/h3,5-6,11,16H,4,7-10H2,1-2H3. The molecule has 100 valence electrons. The van der Waals surface area contributed by atoms with Crippen molar-refractivity contribution in [2.75, 3.05) is 31.6 Å². The molecule has 2 rings (SSSR count). The van der Waals surface area contributed by atoms with Crippen molar-refractivity contribution in [3.63, 3.8) is 0 Å². The van der Waals surface area contributed by atoms with E-state index >= 15 is 0 Å². The van der Waals surface area contributed by atoms with E-state index in [2.05, 4.69) is 23.2 Å². The molecule has 1 fully saturated rings. The van der Waals surface area contributed by atoms with Gasteiger partial charge >= 0.3 is 0 Å². The molecular formula is C14H21ClN2O. The molecular weight excluding hydrogens is 248 g/mol. The SMILES string of the molecule is CNCc1c(Cl)cccc1N1CCCOC(C)C1. The summed E-state index contributed by atoms with van der Waals surface area (Å²) in [5.41, 5.74) is 2.41. The Bertz CT molecular complexity index is 397. The highest BCUT2D eigenvalue weighted by molar-refractivity contribution is 6.31. The van der Waals surface area contributed by atoms with Gasteiger partial charge in [-0.05, 0) is 32.5 Å². The molecule has 0 aromatic heterocycles. The van der Waals surface area contributed by atoms with Crippen LogP contribution in [0, 0.1) is 0 Å². The molecule has 18 heavy (non-hydrogen) atoms. The lowest BCUT2D eigenvalue weighted by molar-refractivity contribution is 0.0821. The van der Waals surface area contributed by atoms with Crippen LogP contribution in [0.25, 0.3) is 0 Å². The minimum atomic E-state index is 0.272. The normalized spacial score (nSPS) is 20.8. The van der Waals surface area contributed by atoms with Crippen LogP contribution in [0.5, 0.6) is 0 Å². The third kappa shape index (κ3) is 3.16. The number of rotatable bonds is 3. The van der Waals surface area contributed by atoms with Crippen LogP contribution in [0.15, 0.2) is 18.2 Å². The summed E-state index contributed by atoms with van der Waals surface area (Å²) in [4.78, 5) is 2.39. The maximum absolute atomic E-state index is 6.31. The fourth-order valence-electron chi connectivity index (χ4n) is 2.41. The minimum absolute atomic E-state index is 0.272. The van der Waals surface area contributed by atoms with Gasteiger partial charge in [-0.25, -0.2) is 0 Å². The zero-order chi connectivity index (χ0) is 13.0. The van der Waals surface area contributed by atoms with Gasteiger partial charge in [-0.1, -0.05) is 17.7 Å². The maximum atomic E-state index is 6.31. The van der Waals surface area contributed by atoms with Gasteiger partial charge in [0.1, 0.15) is 0 Å². The molecule has 1 unspecified atom stereocenters. The Hall–Kier alpha value is -0.770.